The average molecular weight is 230 g/mol. The van der Waals surface area contributed by atoms with Gasteiger partial charge < -0.3 is 15.0 Å². The Hall–Kier alpha value is -0.350. The number of hydrogen-bond donors (Lipinski definition) is 1. The van der Waals surface area contributed by atoms with E-state index < -0.39 is 0 Å². The van der Waals surface area contributed by atoms with Gasteiger partial charge in [-0.25, -0.2) is 0 Å². The van der Waals surface area contributed by atoms with E-state index in [1.807, 2.05) is 0 Å². The minimum absolute atomic E-state index is 0.626. The summed E-state index contributed by atoms with van der Waals surface area (Å²) in [5, 5.41) is 4.26. The fourth-order valence-corrected chi connectivity index (χ4v) is 1.74. The fourth-order valence-electron chi connectivity index (χ4n) is 1.41. The van der Waals surface area contributed by atoms with E-state index in [0.29, 0.717) is 12.0 Å². The summed E-state index contributed by atoms with van der Waals surface area (Å²) in [6, 6.07) is 0.634. The summed E-state index contributed by atoms with van der Waals surface area (Å²) in [5.41, 5.74) is 0. The Kier molecular flexibility index (Phi) is 5.32. The predicted molar refractivity (Wildman–Crippen MR) is 67.0 cm³/mol. The molecule has 1 aliphatic carbocycles. The minimum atomic E-state index is 0.626. The number of hydrogen-bond acceptors (Lipinski definition) is 2. The molecule has 0 unspecified atom stereocenters. The standard InChI is InChI=1S/C11H22N2OS/c1-9(2)8-13(6-7-14-3)11(15)12-10-4-5-10/h9-10H,4-8H2,1-3H3,(H,12,15). The van der Waals surface area contributed by atoms with E-state index in [4.69, 9.17) is 17.0 Å². The number of thiocarbonyl (C=S) groups is 1. The molecule has 0 spiro atoms. The largest absolute Gasteiger partial charge is 0.383 e. The highest BCUT2D eigenvalue weighted by Crippen LogP contribution is 2.19. The van der Waals surface area contributed by atoms with Gasteiger partial charge in [0.25, 0.3) is 0 Å². The quantitative estimate of drug-likeness (QED) is 0.701. The molecule has 3 nitrogen and oxygen atoms in total. The molecule has 1 N–H and O–H groups in total. The lowest BCUT2D eigenvalue weighted by atomic mass is 10.2. The molecule has 1 aliphatic rings. The zero-order chi connectivity index (χ0) is 11.3. The molecule has 1 saturated carbocycles. The first-order valence-corrected chi connectivity index (χ1v) is 6.08. The van der Waals surface area contributed by atoms with E-state index in [9.17, 15) is 0 Å². The van der Waals surface area contributed by atoms with Crippen molar-refractivity contribution in [3.63, 3.8) is 0 Å². The van der Waals surface area contributed by atoms with Gasteiger partial charge in [0.15, 0.2) is 5.11 Å². The van der Waals surface area contributed by atoms with E-state index in [-0.39, 0.29) is 0 Å². The Morgan fingerprint density at radius 2 is 2.20 bits per heavy atom. The van der Waals surface area contributed by atoms with Crippen LogP contribution in [-0.2, 0) is 4.74 Å². The third-order valence-corrected chi connectivity index (χ3v) is 2.72. The van der Waals surface area contributed by atoms with Gasteiger partial charge in [0, 0.05) is 26.2 Å². The molecule has 0 bridgehead atoms. The summed E-state index contributed by atoms with van der Waals surface area (Å²) < 4.78 is 5.10. The maximum absolute atomic E-state index is 5.38. The van der Waals surface area contributed by atoms with Crippen LogP contribution in [0.4, 0.5) is 0 Å². The van der Waals surface area contributed by atoms with Gasteiger partial charge in [-0.05, 0) is 31.0 Å². The van der Waals surface area contributed by atoms with Crippen molar-refractivity contribution in [2.75, 3.05) is 26.8 Å². The fraction of sp³-hybridized carbons (Fsp3) is 0.909. The Morgan fingerprint density at radius 3 is 2.67 bits per heavy atom. The second-order valence-corrected chi connectivity index (χ2v) is 4.94. The van der Waals surface area contributed by atoms with Crippen molar-refractivity contribution in [3.05, 3.63) is 0 Å². The summed E-state index contributed by atoms with van der Waals surface area (Å²) in [5.74, 6) is 0.626. The first kappa shape index (κ1) is 12.7. The lowest BCUT2D eigenvalue weighted by Crippen LogP contribution is -2.44. The lowest BCUT2D eigenvalue weighted by molar-refractivity contribution is 0.171. The molecular formula is C11H22N2OS. The Balaban J connectivity index is 2.33. The van der Waals surface area contributed by atoms with E-state index in [0.717, 1.165) is 24.8 Å². The van der Waals surface area contributed by atoms with E-state index in [1.165, 1.54) is 12.8 Å². The van der Waals surface area contributed by atoms with Crippen molar-refractivity contribution in [2.24, 2.45) is 5.92 Å². The summed E-state index contributed by atoms with van der Waals surface area (Å²) >= 11 is 5.38. The number of nitrogens with one attached hydrogen (secondary N) is 1. The average Bonchev–Trinajstić information content (AvgIpc) is 2.95. The lowest BCUT2D eigenvalue weighted by Gasteiger charge is -2.27. The minimum Gasteiger partial charge on any atom is -0.383 e. The van der Waals surface area contributed by atoms with E-state index in [1.54, 1.807) is 7.11 Å². The smallest absolute Gasteiger partial charge is 0.169 e. The molecule has 88 valence electrons. The van der Waals surface area contributed by atoms with Crippen molar-refractivity contribution in [1.82, 2.24) is 10.2 Å². The van der Waals surface area contributed by atoms with Crippen LogP contribution in [0.15, 0.2) is 0 Å². The SMILES string of the molecule is COCCN(CC(C)C)C(=S)NC1CC1. The number of ether oxygens (including phenoxy) is 1. The topological polar surface area (TPSA) is 24.5 Å². The van der Waals surface area contributed by atoms with Crippen LogP contribution in [0.1, 0.15) is 26.7 Å². The first-order chi connectivity index (χ1) is 7.13. The highest BCUT2D eigenvalue weighted by molar-refractivity contribution is 7.80. The molecule has 0 heterocycles. The number of rotatable bonds is 6. The molecule has 4 heteroatoms. The van der Waals surface area contributed by atoms with Gasteiger partial charge in [-0.2, -0.15) is 0 Å². The summed E-state index contributed by atoms with van der Waals surface area (Å²) in [6.45, 7) is 7.04. The molecule has 0 amide bonds. The van der Waals surface area contributed by atoms with Gasteiger partial charge in [0.1, 0.15) is 0 Å². The van der Waals surface area contributed by atoms with Crippen LogP contribution in [0.2, 0.25) is 0 Å². The summed E-state index contributed by atoms with van der Waals surface area (Å²) in [6.07, 6.45) is 2.53. The van der Waals surface area contributed by atoms with Crippen molar-refractivity contribution in [3.8, 4) is 0 Å². The first-order valence-electron chi connectivity index (χ1n) is 5.68. The van der Waals surface area contributed by atoms with Crippen LogP contribution < -0.4 is 5.32 Å². The third-order valence-electron chi connectivity index (χ3n) is 2.34. The molecule has 0 aromatic heterocycles. The van der Waals surface area contributed by atoms with E-state index >= 15 is 0 Å². The normalized spacial score (nSPS) is 15.5. The van der Waals surface area contributed by atoms with Crippen molar-refractivity contribution < 1.29 is 4.74 Å². The Labute approximate surface area is 98.2 Å². The maximum atomic E-state index is 5.38. The van der Waals surface area contributed by atoms with E-state index in [2.05, 4.69) is 24.1 Å². The van der Waals surface area contributed by atoms with Crippen LogP contribution >= 0.6 is 12.2 Å². The van der Waals surface area contributed by atoms with Crippen LogP contribution in [0.5, 0.6) is 0 Å². The number of methoxy groups -OCH3 is 1. The van der Waals surface area contributed by atoms with Crippen LogP contribution in [0, 0.1) is 5.92 Å². The van der Waals surface area contributed by atoms with Gasteiger partial charge in [0.05, 0.1) is 6.61 Å². The molecule has 1 fully saturated rings. The second kappa shape index (κ2) is 6.28. The van der Waals surface area contributed by atoms with Crippen molar-refractivity contribution >= 4 is 17.3 Å². The Bertz CT molecular complexity index is 205. The summed E-state index contributed by atoms with van der Waals surface area (Å²) in [4.78, 5) is 2.21. The molecule has 1 rings (SSSR count). The monoisotopic (exact) mass is 230 g/mol. The predicted octanol–water partition coefficient (Wildman–Crippen LogP) is 1.63. The maximum Gasteiger partial charge on any atom is 0.169 e. The molecular weight excluding hydrogens is 208 g/mol. The van der Waals surface area contributed by atoms with Crippen molar-refractivity contribution in [2.45, 2.75) is 32.7 Å². The Morgan fingerprint density at radius 1 is 1.53 bits per heavy atom. The molecule has 0 radical (unpaired) electrons. The number of nitrogens with zero attached hydrogens (tertiary/aromatic N) is 1. The molecule has 0 aliphatic heterocycles. The zero-order valence-electron chi connectivity index (χ0n) is 9.95. The van der Waals surface area contributed by atoms with Gasteiger partial charge in [-0.1, -0.05) is 13.8 Å². The zero-order valence-corrected chi connectivity index (χ0v) is 10.8. The van der Waals surface area contributed by atoms with Crippen molar-refractivity contribution in [1.29, 1.82) is 0 Å². The summed E-state index contributed by atoms with van der Waals surface area (Å²) in [7, 11) is 1.73. The van der Waals surface area contributed by atoms with Gasteiger partial charge in [0.2, 0.25) is 0 Å². The van der Waals surface area contributed by atoms with Crippen LogP contribution in [-0.4, -0.2) is 42.9 Å². The molecule has 0 aromatic rings. The van der Waals surface area contributed by atoms with Crippen LogP contribution in [0.3, 0.4) is 0 Å². The van der Waals surface area contributed by atoms with Gasteiger partial charge >= 0.3 is 0 Å². The highest BCUT2D eigenvalue weighted by Gasteiger charge is 2.23. The van der Waals surface area contributed by atoms with Gasteiger partial charge in [-0.15, -0.1) is 0 Å². The van der Waals surface area contributed by atoms with Crippen LogP contribution in [0.25, 0.3) is 0 Å². The highest BCUT2D eigenvalue weighted by atomic mass is 32.1. The molecule has 0 atom stereocenters. The molecule has 0 saturated heterocycles. The van der Waals surface area contributed by atoms with Gasteiger partial charge in [-0.3, -0.25) is 0 Å². The molecule has 15 heavy (non-hydrogen) atoms. The second-order valence-electron chi connectivity index (χ2n) is 4.56. The third kappa shape index (κ3) is 5.33. The molecule has 0 aromatic carbocycles.